The van der Waals surface area contributed by atoms with Crippen molar-refractivity contribution in [3.63, 3.8) is 0 Å². The topological polar surface area (TPSA) is 190 Å². The van der Waals surface area contributed by atoms with Gasteiger partial charge in [-0.3, -0.25) is 24.7 Å². The van der Waals surface area contributed by atoms with Crippen LogP contribution in [0.2, 0.25) is 0 Å². The van der Waals surface area contributed by atoms with E-state index >= 15 is 0 Å². The lowest BCUT2D eigenvalue weighted by atomic mass is 10.3. The van der Waals surface area contributed by atoms with Gasteiger partial charge in [0, 0.05) is 70.2 Å². The second-order valence-electron chi connectivity index (χ2n) is 9.67. The summed E-state index contributed by atoms with van der Waals surface area (Å²) in [6.07, 6.45) is 1.15. The van der Waals surface area contributed by atoms with Gasteiger partial charge < -0.3 is 14.8 Å². The highest BCUT2D eigenvalue weighted by molar-refractivity contribution is 7.89. The van der Waals surface area contributed by atoms with E-state index in [1.54, 1.807) is 0 Å². The van der Waals surface area contributed by atoms with Crippen molar-refractivity contribution in [2.45, 2.75) is 9.79 Å². The molecule has 0 bridgehead atoms. The molecule has 3 N–H and O–H groups in total. The Morgan fingerprint density at radius 2 is 1.20 bits per heavy atom. The van der Waals surface area contributed by atoms with Crippen LogP contribution in [0, 0.1) is 10.1 Å². The fraction of sp³-hybridized carbons (Fsp3) is 0.444. The molecule has 0 spiro atoms. The van der Waals surface area contributed by atoms with Gasteiger partial charge >= 0.3 is 0 Å². The number of amides is 1. The predicted octanol–water partition coefficient (Wildman–Crippen LogP) is 0.627. The molecular weight excluding hydrogens is 616 g/mol. The average Bonchev–Trinajstić information content (AvgIpc) is 3.02. The molecule has 0 atom stereocenters. The van der Waals surface area contributed by atoms with Crippen LogP contribution < -0.4 is 14.8 Å². The maximum Gasteiger partial charge on any atom is 0.269 e. The summed E-state index contributed by atoms with van der Waals surface area (Å²) in [5.74, 6) is -0.343. The standard InChI is InChI=1S/C15H21N3O4S.C12H17N3O5S/c1-2-15(19)17-13-3-5-14(6-4-13)23(20,21)16-7-8-18-9-11-22-12-10-18;16-15(17)11-1-3-12(4-2-11)21(18,19)13-5-6-14-7-9-20-10-8-14/h2-6,16H,1,7-12H2,(H,17,19);1-4,13H,5-10H2. The van der Waals surface area contributed by atoms with Gasteiger partial charge in [-0.2, -0.15) is 0 Å². The summed E-state index contributed by atoms with van der Waals surface area (Å²) in [6, 6.07) is 10.8. The normalized spacial score (nSPS) is 16.4. The van der Waals surface area contributed by atoms with Gasteiger partial charge in [-0.1, -0.05) is 6.58 Å². The second-order valence-corrected chi connectivity index (χ2v) is 13.2. The fourth-order valence-electron chi connectivity index (χ4n) is 4.15. The van der Waals surface area contributed by atoms with E-state index in [0.29, 0.717) is 58.3 Å². The van der Waals surface area contributed by atoms with Crippen LogP contribution in [0.1, 0.15) is 0 Å². The number of non-ortho nitro benzene ring substituents is 1. The first-order valence-corrected chi connectivity index (χ1v) is 16.8. The highest BCUT2D eigenvalue weighted by atomic mass is 32.2. The van der Waals surface area contributed by atoms with Crippen LogP contribution in [0.5, 0.6) is 0 Å². The third-order valence-corrected chi connectivity index (χ3v) is 9.58. The number of hydrogen-bond acceptors (Lipinski definition) is 11. The summed E-state index contributed by atoms with van der Waals surface area (Å²) in [4.78, 5) is 25.6. The molecule has 2 aromatic carbocycles. The highest BCUT2D eigenvalue weighted by Gasteiger charge is 2.18. The first-order chi connectivity index (χ1) is 21.0. The maximum atomic E-state index is 12.2. The number of morpholine rings is 2. The van der Waals surface area contributed by atoms with E-state index < -0.39 is 25.0 Å². The summed E-state index contributed by atoms with van der Waals surface area (Å²) in [5, 5.41) is 13.1. The molecule has 2 fully saturated rings. The average molecular weight is 655 g/mol. The number of sulfonamides is 2. The summed E-state index contributed by atoms with van der Waals surface area (Å²) >= 11 is 0. The van der Waals surface area contributed by atoms with Crippen molar-refractivity contribution < 1.29 is 36.0 Å². The number of nitro benzene ring substituents is 1. The Morgan fingerprint density at radius 1 is 0.795 bits per heavy atom. The molecule has 2 aliphatic rings. The molecule has 4 rings (SSSR count). The first-order valence-electron chi connectivity index (χ1n) is 13.9. The third-order valence-electron chi connectivity index (χ3n) is 6.62. The van der Waals surface area contributed by atoms with E-state index in [0.717, 1.165) is 32.3 Å². The molecule has 2 aromatic rings. The SMILES string of the molecule is C=CC(=O)Nc1ccc(S(=O)(=O)NCCN2CCOCC2)cc1.O=[N+]([O-])c1ccc(S(=O)(=O)NCCN2CCOCC2)cc1. The Labute approximate surface area is 257 Å². The number of hydrogen-bond donors (Lipinski definition) is 3. The molecule has 2 saturated heterocycles. The number of ether oxygens (including phenoxy) is 2. The van der Waals surface area contributed by atoms with Crippen molar-refractivity contribution >= 4 is 37.3 Å². The van der Waals surface area contributed by atoms with Gasteiger partial charge in [-0.25, -0.2) is 26.3 Å². The largest absolute Gasteiger partial charge is 0.379 e. The molecule has 44 heavy (non-hydrogen) atoms. The Kier molecular flexibility index (Phi) is 13.8. The van der Waals surface area contributed by atoms with Crippen molar-refractivity contribution in [1.82, 2.24) is 19.2 Å². The molecule has 0 aromatic heterocycles. The zero-order valence-electron chi connectivity index (χ0n) is 24.2. The summed E-state index contributed by atoms with van der Waals surface area (Å²) < 4.78 is 64.0. The smallest absolute Gasteiger partial charge is 0.269 e. The van der Waals surface area contributed by atoms with Crippen molar-refractivity contribution in [3.05, 3.63) is 71.3 Å². The molecule has 0 unspecified atom stereocenters. The number of benzene rings is 2. The molecule has 0 saturated carbocycles. The highest BCUT2D eigenvalue weighted by Crippen LogP contribution is 2.16. The Balaban J connectivity index is 0.000000241. The van der Waals surface area contributed by atoms with Gasteiger partial charge in [0.15, 0.2) is 0 Å². The second kappa shape index (κ2) is 17.3. The third kappa shape index (κ3) is 11.7. The Bertz CT molecular complexity index is 1440. The van der Waals surface area contributed by atoms with E-state index in [1.165, 1.54) is 48.5 Å². The minimum absolute atomic E-state index is 0.0232. The van der Waals surface area contributed by atoms with Crippen molar-refractivity contribution in [2.24, 2.45) is 0 Å². The van der Waals surface area contributed by atoms with Gasteiger partial charge in [0.2, 0.25) is 26.0 Å². The molecule has 2 aliphatic heterocycles. The summed E-state index contributed by atoms with van der Waals surface area (Å²) in [5.41, 5.74) is 0.379. The van der Waals surface area contributed by atoms with Crippen molar-refractivity contribution in [1.29, 1.82) is 0 Å². The van der Waals surface area contributed by atoms with Crippen LogP contribution in [0.3, 0.4) is 0 Å². The van der Waals surface area contributed by atoms with Crippen molar-refractivity contribution in [2.75, 3.05) is 84.1 Å². The molecular formula is C27H38N6O9S2. The van der Waals surface area contributed by atoms with Crippen LogP contribution in [0.25, 0.3) is 0 Å². The molecule has 0 radical (unpaired) electrons. The zero-order chi connectivity index (χ0) is 32.0. The van der Waals surface area contributed by atoms with Gasteiger partial charge in [-0.15, -0.1) is 0 Å². The summed E-state index contributed by atoms with van der Waals surface area (Å²) in [6.45, 7) is 11.2. The molecule has 1 amide bonds. The Hall–Kier alpha value is -3.29. The molecule has 2 heterocycles. The minimum Gasteiger partial charge on any atom is -0.379 e. The number of carbonyl (C=O) groups excluding carboxylic acids is 1. The van der Waals surface area contributed by atoms with Gasteiger partial charge in [0.25, 0.3) is 5.69 Å². The number of nitrogens with zero attached hydrogens (tertiary/aromatic N) is 3. The number of carbonyl (C=O) groups is 1. The lowest BCUT2D eigenvalue weighted by Crippen LogP contribution is -2.41. The lowest BCUT2D eigenvalue weighted by Gasteiger charge is -2.26. The van der Waals surface area contributed by atoms with E-state index in [9.17, 15) is 31.7 Å². The minimum atomic E-state index is -3.63. The molecule has 0 aliphatic carbocycles. The van der Waals surface area contributed by atoms with E-state index in [2.05, 4.69) is 31.1 Å². The van der Waals surface area contributed by atoms with Crippen LogP contribution in [0.15, 0.2) is 71.0 Å². The first kappa shape index (κ1) is 35.2. The van der Waals surface area contributed by atoms with Crippen LogP contribution >= 0.6 is 0 Å². The maximum absolute atomic E-state index is 12.2. The quantitative estimate of drug-likeness (QED) is 0.156. The van der Waals surface area contributed by atoms with E-state index in [1.807, 2.05) is 0 Å². The number of anilines is 1. The Morgan fingerprint density at radius 3 is 1.59 bits per heavy atom. The van der Waals surface area contributed by atoms with Crippen LogP contribution in [0.4, 0.5) is 11.4 Å². The zero-order valence-corrected chi connectivity index (χ0v) is 25.9. The van der Waals surface area contributed by atoms with Gasteiger partial charge in [0.1, 0.15) is 0 Å². The molecule has 17 heteroatoms. The van der Waals surface area contributed by atoms with Crippen LogP contribution in [-0.4, -0.2) is 116 Å². The van der Waals surface area contributed by atoms with Gasteiger partial charge in [0.05, 0.1) is 41.1 Å². The fourth-order valence-corrected chi connectivity index (χ4v) is 6.19. The number of rotatable bonds is 13. The van der Waals surface area contributed by atoms with Crippen LogP contribution in [-0.2, 0) is 34.3 Å². The van der Waals surface area contributed by atoms with Crippen molar-refractivity contribution in [3.8, 4) is 0 Å². The van der Waals surface area contributed by atoms with Gasteiger partial charge in [-0.05, 0) is 42.5 Å². The molecule has 242 valence electrons. The molecule has 15 nitrogen and oxygen atoms in total. The number of nitro groups is 1. The monoisotopic (exact) mass is 654 g/mol. The van der Waals surface area contributed by atoms with E-state index in [-0.39, 0.29) is 21.4 Å². The lowest BCUT2D eigenvalue weighted by molar-refractivity contribution is -0.384. The number of nitrogens with one attached hydrogen (secondary N) is 3. The predicted molar refractivity (Wildman–Crippen MR) is 163 cm³/mol. The summed E-state index contributed by atoms with van der Waals surface area (Å²) in [7, 11) is -7.19. The van der Waals surface area contributed by atoms with E-state index in [4.69, 9.17) is 9.47 Å².